The standard InChI is InChI=1S/C26H34N2O3/c1-7-18-9-8-10-20-22(15-27-26(18)20)21(14-25(29)28-17(4)16(2)3)19-11-12-23(30-5)24(13-19)31-6/h8-13,15-17,21,27H,7,14H2,1-6H3,(H,28,29)/t17-,21-/m1/s1. The molecule has 3 rings (SSSR count). The highest BCUT2D eigenvalue weighted by Crippen LogP contribution is 2.38. The third-order valence-electron chi connectivity index (χ3n) is 6.18. The van der Waals surface area contributed by atoms with Crippen molar-refractivity contribution < 1.29 is 14.3 Å². The first-order valence-electron chi connectivity index (χ1n) is 11.0. The summed E-state index contributed by atoms with van der Waals surface area (Å²) < 4.78 is 10.9. The molecule has 0 saturated heterocycles. The maximum atomic E-state index is 13.0. The molecule has 2 aromatic carbocycles. The van der Waals surface area contributed by atoms with Crippen LogP contribution in [-0.4, -0.2) is 31.2 Å². The zero-order valence-electron chi connectivity index (χ0n) is 19.4. The fourth-order valence-electron chi connectivity index (χ4n) is 3.96. The molecule has 1 aromatic heterocycles. The Labute approximate surface area is 185 Å². The molecular formula is C26H34N2O3. The molecule has 0 saturated carbocycles. The van der Waals surface area contributed by atoms with E-state index in [4.69, 9.17) is 9.47 Å². The van der Waals surface area contributed by atoms with Gasteiger partial charge in [0.05, 0.1) is 14.2 Å². The van der Waals surface area contributed by atoms with Crippen LogP contribution in [0, 0.1) is 5.92 Å². The number of rotatable bonds is 9. The van der Waals surface area contributed by atoms with Crippen LogP contribution in [0.2, 0.25) is 0 Å². The summed E-state index contributed by atoms with van der Waals surface area (Å²) in [6, 6.07) is 12.4. The van der Waals surface area contributed by atoms with E-state index in [0.717, 1.165) is 28.5 Å². The molecule has 166 valence electrons. The predicted octanol–water partition coefficient (Wildman–Crippen LogP) is 5.43. The van der Waals surface area contributed by atoms with E-state index in [0.29, 0.717) is 23.8 Å². The van der Waals surface area contributed by atoms with Crippen LogP contribution in [0.15, 0.2) is 42.6 Å². The van der Waals surface area contributed by atoms with E-state index in [1.165, 1.54) is 5.56 Å². The number of carbonyl (C=O) groups is 1. The second-order valence-corrected chi connectivity index (χ2v) is 8.41. The number of aromatic amines is 1. The second kappa shape index (κ2) is 9.90. The number of aryl methyl sites for hydroxylation is 1. The Bertz CT molecular complexity index is 1040. The summed E-state index contributed by atoms with van der Waals surface area (Å²) in [5.41, 5.74) is 4.55. The van der Waals surface area contributed by atoms with Crippen LogP contribution in [0.25, 0.3) is 10.9 Å². The van der Waals surface area contributed by atoms with Gasteiger partial charge in [-0.05, 0) is 48.1 Å². The highest BCUT2D eigenvalue weighted by atomic mass is 16.5. The summed E-state index contributed by atoms with van der Waals surface area (Å²) in [7, 11) is 3.26. The van der Waals surface area contributed by atoms with E-state index in [9.17, 15) is 4.79 Å². The second-order valence-electron chi connectivity index (χ2n) is 8.41. The van der Waals surface area contributed by atoms with Crippen LogP contribution in [0.1, 0.15) is 56.7 Å². The summed E-state index contributed by atoms with van der Waals surface area (Å²) in [6.45, 7) is 8.43. The van der Waals surface area contributed by atoms with Gasteiger partial charge in [0.15, 0.2) is 11.5 Å². The Morgan fingerprint density at radius 2 is 1.81 bits per heavy atom. The van der Waals surface area contributed by atoms with E-state index < -0.39 is 0 Å². The number of benzene rings is 2. The molecule has 31 heavy (non-hydrogen) atoms. The smallest absolute Gasteiger partial charge is 0.221 e. The fraction of sp³-hybridized carbons (Fsp3) is 0.423. The zero-order valence-corrected chi connectivity index (χ0v) is 19.4. The van der Waals surface area contributed by atoms with E-state index in [1.807, 2.05) is 31.3 Å². The molecule has 5 nitrogen and oxygen atoms in total. The largest absolute Gasteiger partial charge is 0.493 e. The van der Waals surface area contributed by atoms with Gasteiger partial charge in [0, 0.05) is 35.5 Å². The van der Waals surface area contributed by atoms with Gasteiger partial charge in [-0.15, -0.1) is 0 Å². The lowest BCUT2D eigenvalue weighted by molar-refractivity contribution is -0.122. The minimum absolute atomic E-state index is 0.0435. The van der Waals surface area contributed by atoms with E-state index in [2.05, 4.69) is 49.3 Å². The molecule has 0 aliphatic carbocycles. The molecular weight excluding hydrogens is 388 g/mol. The first-order chi connectivity index (χ1) is 14.9. The maximum absolute atomic E-state index is 13.0. The van der Waals surface area contributed by atoms with Gasteiger partial charge in [-0.1, -0.05) is 45.0 Å². The molecule has 2 atom stereocenters. The number of ether oxygens (including phenoxy) is 2. The lowest BCUT2D eigenvalue weighted by Gasteiger charge is -2.22. The number of hydrogen-bond donors (Lipinski definition) is 2. The molecule has 1 amide bonds. The molecule has 3 aromatic rings. The number of nitrogens with one attached hydrogen (secondary N) is 2. The Kier molecular flexibility index (Phi) is 7.26. The summed E-state index contributed by atoms with van der Waals surface area (Å²) in [5.74, 6) is 1.65. The van der Waals surface area contributed by atoms with Gasteiger partial charge in [-0.2, -0.15) is 0 Å². The zero-order chi connectivity index (χ0) is 22.5. The first kappa shape index (κ1) is 22.7. The van der Waals surface area contributed by atoms with Crippen LogP contribution in [-0.2, 0) is 11.2 Å². The third kappa shape index (κ3) is 4.87. The van der Waals surface area contributed by atoms with Gasteiger partial charge in [-0.3, -0.25) is 4.79 Å². The Morgan fingerprint density at radius 3 is 2.45 bits per heavy atom. The normalized spacial score (nSPS) is 13.3. The highest BCUT2D eigenvalue weighted by molar-refractivity contribution is 5.88. The number of para-hydroxylation sites is 1. The minimum atomic E-state index is -0.111. The summed E-state index contributed by atoms with van der Waals surface area (Å²) in [4.78, 5) is 16.5. The van der Waals surface area contributed by atoms with Crippen molar-refractivity contribution in [2.45, 2.75) is 52.5 Å². The van der Waals surface area contributed by atoms with E-state index in [-0.39, 0.29) is 17.9 Å². The van der Waals surface area contributed by atoms with Gasteiger partial charge in [-0.25, -0.2) is 0 Å². The lowest BCUT2D eigenvalue weighted by atomic mass is 9.87. The maximum Gasteiger partial charge on any atom is 0.221 e. The van der Waals surface area contributed by atoms with Crippen LogP contribution in [0.5, 0.6) is 11.5 Å². The predicted molar refractivity (Wildman–Crippen MR) is 126 cm³/mol. The number of carbonyl (C=O) groups excluding carboxylic acids is 1. The average Bonchev–Trinajstić information content (AvgIpc) is 3.20. The summed E-state index contributed by atoms with van der Waals surface area (Å²) >= 11 is 0. The van der Waals surface area contributed by atoms with Gasteiger partial charge in [0.2, 0.25) is 5.91 Å². The Balaban J connectivity index is 2.06. The van der Waals surface area contributed by atoms with Gasteiger partial charge in [0.1, 0.15) is 0 Å². The monoisotopic (exact) mass is 422 g/mol. The van der Waals surface area contributed by atoms with Crippen molar-refractivity contribution in [2.24, 2.45) is 5.92 Å². The topological polar surface area (TPSA) is 63.4 Å². The third-order valence-corrected chi connectivity index (χ3v) is 6.18. The number of H-pyrrole nitrogens is 1. The van der Waals surface area contributed by atoms with Crippen molar-refractivity contribution in [2.75, 3.05) is 14.2 Å². The number of methoxy groups -OCH3 is 2. The summed E-state index contributed by atoms with van der Waals surface area (Å²) in [6.07, 6.45) is 3.35. The van der Waals surface area contributed by atoms with E-state index in [1.54, 1.807) is 14.2 Å². The molecule has 0 spiro atoms. The van der Waals surface area contributed by atoms with Crippen molar-refractivity contribution in [3.63, 3.8) is 0 Å². The minimum Gasteiger partial charge on any atom is -0.493 e. The van der Waals surface area contributed by atoms with Crippen LogP contribution in [0.3, 0.4) is 0 Å². The Morgan fingerprint density at radius 1 is 1.06 bits per heavy atom. The highest BCUT2D eigenvalue weighted by Gasteiger charge is 2.24. The fourth-order valence-corrected chi connectivity index (χ4v) is 3.96. The molecule has 1 heterocycles. The van der Waals surface area contributed by atoms with Crippen LogP contribution in [0.4, 0.5) is 0 Å². The van der Waals surface area contributed by atoms with Gasteiger partial charge < -0.3 is 19.8 Å². The van der Waals surface area contributed by atoms with Crippen molar-refractivity contribution in [1.29, 1.82) is 0 Å². The molecule has 0 aliphatic heterocycles. The summed E-state index contributed by atoms with van der Waals surface area (Å²) in [5, 5.41) is 4.31. The SMILES string of the molecule is CCc1cccc2c([C@H](CC(=O)N[C@H](C)C(C)C)c3ccc(OC)c(OC)c3)c[nH]c12. The number of fused-ring (bicyclic) bond motifs is 1. The molecule has 5 heteroatoms. The molecule has 0 radical (unpaired) electrons. The molecule has 0 aliphatic rings. The quantitative estimate of drug-likeness (QED) is 0.483. The lowest BCUT2D eigenvalue weighted by Crippen LogP contribution is -2.36. The van der Waals surface area contributed by atoms with Crippen molar-refractivity contribution >= 4 is 16.8 Å². The van der Waals surface area contributed by atoms with Crippen molar-refractivity contribution in [3.05, 3.63) is 59.3 Å². The number of amides is 1. The number of aromatic nitrogens is 1. The first-order valence-corrected chi connectivity index (χ1v) is 11.0. The number of hydrogen-bond acceptors (Lipinski definition) is 3. The van der Waals surface area contributed by atoms with Crippen molar-refractivity contribution in [3.8, 4) is 11.5 Å². The van der Waals surface area contributed by atoms with Crippen molar-refractivity contribution in [1.82, 2.24) is 10.3 Å². The molecule has 0 bridgehead atoms. The van der Waals surface area contributed by atoms with Crippen LogP contribution >= 0.6 is 0 Å². The van der Waals surface area contributed by atoms with Gasteiger partial charge >= 0.3 is 0 Å². The Hall–Kier alpha value is -2.95. The average molecular weight is 423 g/mol. The van der Waals surface area contributed by atoms with E-state index >= 15 is 0 Å². The van der Waals surface area contributed by atoms with Gasteiger partial charge in [0.25, 0.3) is 0 Å². The molecule has 0 fully saturated rings. The van der Waals surface area contributed by atoms with Crippen LogP contribution < -0.4 is 14.8 Å². The molecule has 2 N–H and O–H groups in total. The molecule has 0 unspecified atom stereocenters.